The number of aryl methyl sites for hydroxylation is 1. The quantitative estimate of drug-likeness (QED) is 0.401. The summed E-state index contributed by atoms with van der Waals surface area (Å²) in [5.41, 5.74) is 3.09. The smallest absolute Gasteiger partial charge is 0.191 e. The van der Waals surface area contributed by atoms with Gasteiger partial charge in [-0.3, -0.25) is 0 Å². The standard InChI is InChI=1S/C20H31N5O2/c1-3-21-20(22-10-6-11-26-15-18-8-5-12-27-18)23-13-17-14-25-16(2)7-4-9-19(25)24-17/h4,7,9,14,18H,3,5-6,8,10-13,15H2,1-2H3,(H2,21,22,23). The first-order valence-electron chi connectivity index (χ1n) is 9.91. The van der Waals surface area contributed by atoms with E-state index in [4.69, 9.17) is 9.47 Å². The van der Waals surface area contributed by atoms with E-state index in [1.807, 2.05) is 12.1 Å². The zero-order chi connectivity index (χ0) is 18.9. The van der Waals surface area contributed by atoms with Gasteiger partial charge >= 0.3 is 0 Å². The molecular formula is C20H31N5O2. The van der Waals surface area contributed by atoms with Gasteiger partial charge in [-0.2, -0.15) is 0 Å². The highest BCUT2D eigenvalue weighted by Crippen LogP contribution is 2.12. The Labute approximate surface area is 161 Å². The molecule has 1 saturated heterocycles. The van der Waals surface area contributed by atoms with E-state index in [9.17, 15) is 0 Å². The fourth-order valence-corrected chi connectivity index (χ4v) is 3.15. The average Bonchev–Trinajstić information content (AvgIpc) is 3.32. The van der Waals surface area contributed by atoms with Gasteiger partial charge in [-0.25, -0.2) is 9.98 Å². The van der Waals surface area contributed by atoms with Crippen LogP contribution < -0.4 is 10.6 Å². The monoisotopic (exact) mass is 373 g/mol. The Morgan fingerprint density at radius 3 is 3.11 bits per heavy atom. The Hall–Kier alpha value is -2.12. The molecule has 7 heteroatoms. The van der Waals surface area contributed by atoms with Gasteiger partial charge in [0.15, 0.2) is 5.96 Å². The van der Waals surface area contributed by atoms with Crippen molar-refractivity contribution in [2.24, 2.45) is 4.99 Å². The van der Waals surface area contributed by atoms with Crippen LogP contribution in [0.2, 0.25) is 0 Å². The number of guanidine groups is 1. The van der Waals surface area contributed by atoms with Crippen molar-refractivity contribution in [1.82, 2.24) is 20.0 Å². The summed E-state index contributed by atoms with van der Waals surface area (Å²) in [6.45, 7) is 8.66. The van der Waals surface area contributed by atoms with Gasteiger partial charge in [0.05, 0.1) is 24.9 Å². The van der Waals surface area contributed by atoms with Crippen molar-refractivity contribution in [2.45, 2.75) is 45.8 Å². The first-order chi connectivity index (χ1) is 13.3. The third-order valence-electron chi connectivity index (χ3n) is 4.57. The maximum atomic E-state index is 5.70. The molecule has 0 saturated carbocycles. The molecule has 2 aromatic heterocycles. The minimum absolute atomic E-state index is 0.297. The molecule has 1 unspecified atom stereocenters. The lowest BCUT2D eigenvalue weighted by atomic mass is 10.2. The fourth-order valence-electron chi connectivity index (χ4n) is 3.15. The molecular weight excluding hydrogens is 342 g/mol. The van der Waals surface area contributed by atoms with E-state index in [-0.39, 0.29) is 0 Å². The van der Waals surface area contributed by atoms with E-state index in [1.54, 1.807) is 0 Å². The molecule has 1 aliphatic heterocycles. The average molecular weight is 374 g/mol. The van der Waals surface area contributed by atoms with E-state index >= 15 is 0 Å². The van der Waals surface area contributed by atoms with Gasteiger partial charge in [0.25, 0.3) is 0 Å². The molecule has 0 amide bonds. The highest BCUT2D eigenvalue weighted by atomic mass is 16.5. The van der Waals surface area contributed by atoms with Crippen LogP contribution in [0.25, 0.3) is 5.65 Å². The Morgan fingerprint density at radius 1 is 1.41 bits per heavy atom. The Bertz CT molecular complexity index is 737. The van der Waals surface area contributed by atoms with Crippen LogP contribution in [-0.2, 0) is 16.0 Å². The van der Waals surface area contributed by atoms with E-state index < -0.39 is 0 Å². The maximum Gasteiger partial charge on any atom is 0.191 e. The van der Waals surface area contributed by atoms with Gasteiger partial charge in [-0.1, -0.05) is 6.07 Å². The number of hydrogen-bond donors (Lipinski definition) is 2. The van der Waals surface area contributed by atoms with E-state index in [0.29, 0.717) is 19.3 Å². The number of nitrogens with one attached hydrogen (secondary N) is 2. The lowest BCUT2D eigenvalue weighted by Crippen LogP contribution is -2.38. The molecule has 0 aromatic carbocycles. The number of rotatable bonds is 9. The molecule has 1 atom stereocenters. The van der Waals surface area contributed by atoms with Crippen molar-refractivity contribution >= 4 is 11.6 Å². The number of aromatic nitrogens is 2. The van der Waals surface area contributed by atoms with Gasteiger partial charge < -0.3 is 24.5 Å². The summed E-state index contributed by atoms with van der Waals surface area (Å²) in [5.74, 6) is 0.811. The molecule has 3 heterocycles. The molecule has 3 rings (SSSR count). The van der Waals surface area contributed by atoms with E-state index in [2.05, 4.69) is 51.1 Å². The van der Waals surface area contributed by atoms with Crippen molar-refractivity contribution in [1.29, 1.82) is 0 Å². The summed E-state index contributed by atoms with van der Waals surface area (Å²) >= 11 is 0. The molecule has 148 valence electrons. The summed E-state index contributed by atoms with van der Waals surface area (Å²) < 4.78 is 13.3. The van der Waals surface area contributed by atoms with Gasteiger partial charge in [-0.05, 0) is 45.2 Å². The second-order valence-corrected chi connectivity index (χ2v) is 6.81. The number of pyridine rings is 1. The predicted molar refractivity (Wildman–Crippen MR) is 107 cm³/mol. The molecule has 0 spiro atoms. The molecule has 1 aliphatic rings. The topological polar surface area (TPSA) is 72.2 Å². The fraction of sp³-hybridized carbons (Fsp3) is 0.600. The van der Waals surface area contributed by atoms with Crippen molar-refractivity contribution in [3.05, 3.63) is 35.8 Å². The minimum Gasteiger partial charge on any atom is -0.379 e. The Kier molecular flexibility index (Phi) is 7.47. The molecule has 0 bridgehead atoms. The predicted octanol–water partition coefficient (Wildman–Crippen LogP) is 2.28. The van der Waals surface area contributed by atoms with Crippen LogP contribution >= 0.6 is 0 Å². The maximum absolute atomic E-state index is 5.70. The summed E-state index contributed by atoms with van der Waals surface area (Å²) in [4.78, 5) is 9.28. The van der Waals surface area contributed by atoms with Gasteiger partial charge in [-0.15, -0.1) is 0 Å². The molecule has 2 N–H and O–H groups in total. The van der Waals surface area contributed by atoms with Crippen LogP contribution in [0.4, 0.5) is 0 Å². The summed E-state index contributed by atoms with van der Waals surface area (Å²) in [6, 6.07) is 6.12. The summed E-state index contributed by atoms with van der Waals surface area (Å²) in [6.07, 6.45) is 5.56. The summed E-state index contributed by atoms with van der Waals surface area (Å²) in [5, 5.41) is 6.63. The van der Waals surface area contributed by atoms with Crippen LogP contribution in [0.3, 0.4) is 0 Å². The van der Waals surface area contributed by atoms with Crippen molar-refractivity contribution in [3.63, 3.8) is 0 Å². The minimum atomic E-state index is 0.297. The highest BCUT2D eigenvalue weighted by molar-refractivity contribution is 5.79. The van der Waals surface area contributed by atoms with Crippen LogP contribution in [0.15, 0.2) is 29.4 Å². The molecule has 0 radical (unpaired) electrons. The highest BCUT2D eigenvalue weighted by Gasteiger charge is 2.14. The Balaban J connectivity index is 1.42. The molecule has 0 aliphatic carbocycles. The second kappa shape index (κ2) is 10.3. The van der Waals surface area contributed by atoms with Gasteiger partial charge in [0.2, 0.25) is 0 Å². The second-order valence-electron chi connectivity index (χ2n) is 6.81. The number of ether oxygens (including phenoxy) is 2. The molecule has 27 heavy (non-hydrogen) atoms. The van der Waals surface area contributed by atoms with E-state index in [0.717, 1.165) is 62.9 Å². The first-order valence-corrected chi connectivity index (χ1v) is 9.91. The third kappa shape index (κ3) is 5.94. The van der Waals surface area contributed by atoms with Crippen molar-refractivity contribution in [3.8, 4) is 0 Å². The van der Waals surface area contributed by atoms with Gasteiger partial charge in [0.1, 0.15) is 5.65 Å². The van der Waals surface area contributed by atoms with Crippen LogP contribution in [-0.4, -0.2) is 54.4 Å². The lowest BCUT2D eigenvalue weighted by molar-refractivity contribution is 0.0168. The lowest BCUT2D eigenvalue weighted by Gasteiger charge is -2.12. The van der Waals surface area contributed by atoms with Crippen molar-refractivity contribution in [2.75, 3.05) is 32.9 Å². The summed E-state index contributed by atoms with van der Waals surface area (Å²) in [7, 11) is 0. The zero-order valence-corrected chi connectivity index (χ0v) is 16.4. The van der Waals surface area contributed by atoms with Crippen molar-refractivity contribution < 1.29 is 9.47 Å². The zero-order valence-electron chi connectivity index (χ0n) is 16.4. The van der Waals surface area contributed by atoms with Crippen LogP contribution in [0.1, 0.15) is 37.6 Å². The van der Waals surface area contributed by atoms with Gasteiger partial charge in [0, 0.05) is 38.2 Å². The Morgan fingerprint density at radius 2 is 2.33 bits per heavy atom. The number of aliphatic imine (C=N–C) groups is 1. The number of nitrogens with zero attached hydrogens (tertiary/aromatic N) is 3. The SMILES string of the molecule is CCNC(=NCc1cn2c(C)cccc2n1)NCCCOCC1CCCO1. The van der Waals surface area contributed by atoms with Crippen LogP contribution in [0, 0.1) is 6.92 Å². The molecule has 1 fully saturated rings. The third-order valence-corrected chi connectivity index (χ3v) is 4.57. The molecule has 7 nitrogen and oxygen atoms in total. The number of hydrogen-bond acceptors (Lipinski definition) is 4. The molecule has 2 aromatic rings. The number of fused-ring (bicyclic) bond motifs is 1. The number of imidazole rings is 1. The normalized spacial score (nSPS) is 17.6. The van der Waals surface area contributed by atoms with Crippen LogP contribution in [0.5, 0.6) is 0 Å². The van der Waals surface area contributed by atoms with E-state index in [1.165, 1.54) is 5.69 Å². The largest absolute Gasteiger partial charge is 0.379 e. The first kappa shape index (κ1) is 19.6.